The largest absolute Gasteiger partial charge is 0.495 e. The van der Waals surface area contributed by atoms with Crippen LogP contribution in [0, 0.1) is 0 Å². The zero-order valence-corrected chi connectivity index (χ0v) is 12.8. The number of rotatable bonds is 3. The van der Waals surface area contributed by atoms with Crippen LogP contribution in [0.2, 0.25) is 5.02 Å². The Morgan fingerprint density at radius 3 is 2.50 bits per heavy atom. The molecule has 3 rings (SSSR count). The van der Waals surface area contributed by atoms with Crippen LogP contribution in [0.15, 0.2) is 42.2 Å². The van der Waals surface area contributed by atoms with Gasteiger partial charge in [0.15, 0.2) is 11.5 Å². The summed E-state index contributed by atoms with van der Waals surface area (Å²) in [6, 6.07) is 11.0. The Balaban J connectivity index is 2.10. The summed E-state index contributed by atoms with van der Waals surface area (Å²) in [5.41, 5.74) is 1.19. The summed E-state index contributed by atoms with van der Waals surface area (Å²) >= 11 is 6.19. The van der Waals surface area contributed by atoms with Gasteiger partial charge >= 0.3 is 0 Å². The lowest BCUT2D eigenvalue weighted by Crippen LogP contribution is -2.00. The quantitative estimate of drug-likeness (QED) is 0.804. The van der Waals surface area contributed by atoms with Crippen LogP contribution in [-0.4, -0.2) is 20.0 Å². The van der Waals surface area contributed by atoms with Gasteiger partial charge in [-0.05, 0) is 11.6 Å². The molecule has 1 aliphatic heterocycles. The van der Waals surface area contributed by atoms with Gasteiger partial charge in [-0.1, -0.05) is 41.9 Å². The fourth-order valence-electron chi connectivity index (χ4n) is 2.31. The maximum Gasteiger partial charge on any atom is 0.235 e. The van der Waals surface area contributed by atoms with Crippen molar-refractivity contribution in [1.29, 1.82) is 0 Å². The zero-order chi connectivity index (χ0) is 15.7. The molecule has 1 heterocycles. The molecule has 112 valence electrons. The lowest BCUT2D eigenvalue weighted by atomic mass is 10.1. The minimum atomic E-state index is -0.264. The first-order valence-electron chi connectivity index (χ1n) is 6.59. The number of benzene rings is 2. The molecule has 0 spiro atoms. The number of fused-ring (bicyclic) bond motifs is 1. The number of allylic oxidation sites excluding steroid dienone is 1. The molecule has 0 saturated heterocycles. The Labute approximate surface area is 132 Å². The molecule has 0 amide bonds. The number of halogens is 1. The van der Waals surface area contributed by atoms with E-state index in [-0.39, 0.29) is 22.3 Å². The summed E-state index contributed by atoms with van der Waals surface area (Å²) in [7, 11) is 2.94. The highest BCUT2D eigenvalue weighted by Crippen LogP contribution is 2.47. The van der Waals surface area contributed by atoms with Crippen LogP contribution in [0.4, 0.5) is 0 Å². The summed E-state index contributed by atoms with van der Waals surface area (Å²) < 4.78 is 16.1. The first kappa shape index (κ1) is 14.5. The SMILES string of the molecule is COc1cc2c(c(OC)c1Cl)C(=O)/C(=C/c1ccccc1)O2. The van der Waals surface area contributed by atoms with E-state index in [4.69, 9.17) is 25.8 Å². The molecule has 22 heavy (non-hydrogen) atoms. The Bertz CT molecular complexity index is 766. The Kier molecular flexibility index (Phi) is 3.77. The zero-order valence-electron chi connectivity index (χ0n) is 12.1. The topological polar surface area (TPSA) is 44.8 Å². The van der Waals surface area contributed by atoms with Gasteiger partial charge < -0.3 is 14.2 Å². The normalized spacial score (nSPS) is 14.7. The van der Waals surface area contributed by atoms with Crippen LogP contribution < -0.4 is 14.2 Å². The van der Waals surface area contributed by atoms with E-state index >= 15 is 0 Å². The van der Waals surface area contributed by atoms with Crippen molar-refractivity contribution in [2.45, 2.75) is 0 Å². The number of ketones is 1. The third kappa shape index (κ3) is 2.31. The highest BCUT2D eigenvalue weighted by molar-refractivity contribution is 6.35. The number of Topliss-reactive ketones (excluding diaryl/α,β-unsaturated/α-hetero) is 1. The molecule has 0 saturated carbocycles. The molecule has 2 aromatic rings. The lowest BCUT2D eigenvalue weighted by Gasteiger charge is -2.10. The summed E-state index contributed by atoms with van der Waals surface area (Å²) in [5, 5.41) is 0.252. The van der Waals surface area contributed by atoms with Crippen molar-refractivity contribution in [2.75, 3.05) is 14.2 Å². The Hall–Kier alpha value is -2.46. The monoisotopic (exact) mass is 316 g/mol. The molecule has 0 fully saturated rings. The van der Waals surface area contributed by atoms with Crippen LogP contribution in [-0.2, 0) is 0 Å². The van der Waals surface area contributed by atoms with Crippen molar-refractivity contribution in [3.05, 3.63) is 58.3 Å². The molecule has 0 atom stereocenters. The number of ether oxygens (including phenoxy) is 3. The highest BCUT2D eigenvalue weighted by Gasteiger charge is 2.34. The van der Waals surface area contributed by atoms with Crippen LogP contribution >= 0.6 is 11.6 Å². The van der Waals surface area contributed by atoms with E-state index < -0.39 is 0 Å². The van der Waals surface area contributed by atoms with Crippen molar-refractivity contribution >= 4 is 23.5 Å². The summed E-state index contributed by atoms with van der Waals surface area (Å²) in [5.74, 6) is 0.998. The van der Waals surface area contributed by atoms with Gasteiger partial charge in [0, 0.05) is 6.07 Å². The van der Waals surface area contributed by atoms with E-state index in [1.165, 1.54) is 14.2 Å². The van der Waals surface area contributed by atoms with Crippen molar-refractivity contribution < 1.29 is 19.0 Å². The molecule has 0 bridgehead atoms. The maximum atomic E-state index is 12.6. The molecule has 0 radical (unpaired) electrons. The van der Waals surface area contributed by atoms with Crippen molar-refractivity contribution in [1.82, 2.24) is 0 Å². The lowest BCUT2D eigenvalue weighted by molar-refractivity contribution is 0.101. The van der Waals surface area contributed by atoms with Crippen LogP contribution in [0.1, 0.15) is 15.9 Å². The molecular weight excluding hydrogens is 304 g/mol. The van der Waals surface area contributed by atoms with Crippen LogP contribution in [0.3, 0.4) is 0 Å². The molecule has 5 heteroatoms. The van der Waals surface area contributed by atoms with Gasteiger partial charge in [0.05, 0.1) is 14.2 Å². The third-order valence-corrected chi connectivity index (χ3v) is 3.70. The fourth-order valence-corrected chi connectivity index (χ4v) is 2.61. The first-order valence-corrected chi connectivity index (χ1v) is 6.97. The minimum absolute atomic E-state index is 0.226. The van der Waals surface area contributed by atoms with Crippen LogP contribution in [0.25, 0.3) is 6.08 Å². The second-order valence-electron chi connectivity index (χ2n) is 4.65. The smallest absolute Gasteiger partial charge is 0.235 e. The van der Waals surface area contributed by atoms with E-state index in [1.54, 1.807) is 12.1 Å². The van der Waals surface area contributed by atoms with Crippen molar-refractivity contribution in [3.63, 3.8) is 0 Å². The molecule has 0 unspecified atom stereocenters. The van der Waals surface area contributed by atoms with Gasteiger partial charge in [-0.3, -0.25) is 4.79 Å². The predicted molar refractivity (Wildman–Crippen MR) is 83.9 cm³/mol. The first-order chi connectivity index (χ1) is 10.7. The van der Waals surface area contributed by atoms with E-state index in [9.17, 15) is 4.79 Å². The van der Waals surface area contributed by atoms with Crippen LogP contribution in [0.5, 0.6) is 17.2 Å². The average molecular weight is 317 g/mol. The molecule has 1 aliphatic rings. The second kappa shape index (κ2) is 5.73. The molecule has 0 aliphatic carbocycles. The Morgan fingerprint density at radius 2 is 1.86 bits per heavy atom. The Morgan fingerprint density at radius 1 is 1.14 bits per heavy atom. The van der Waals surface area contributed by atoms with Crippen molar-refractivity contribution in [3.8, 4) is 17.2 Å². The van der Waals surface area contributed by atoms with Gasteiger partial charge in [0.25, 0.3) is 0 Å². The van der Waals surface area contributed by atoms with E-state index in [1.807, 2.05) is 30.3 Å². The molecule has 4 nitrogen and oxygen atoms in total. The minimum Gasteiger partial charge on any atom is -0.495 e. The number of carbonyl (C=O) groups excluding carboxylic acids is 1. The summed E-state index contributed by atoms with van der Waals surface area (Å²) in [6.45, 7) is 0. The number of carbonyl (C=O) groups is 1. The van der Waals surface area contributed by atoms with Gasteiger partial charge in [-0.2, -0.15) is 0 Å². The molecule has 0 aromatic heterocycles. The van der Waals surface area contributed by atoms with E-state index in [0.717, 1.165) is 5.56 Å². The fraction of sp³-hybridized carbons (Fsp3) is 0.118. The van der Waals surface area contributed by atoms with Gasteiger partial charge in [0.2, 0.25) is 5.78 Å². The number of hydrogen-bond donors (Lipinski definition) is 0. The van der Waals surface area contributed by atoms with Gasteiger partial charge in [-0.25, -0.2) is 0 Å². The van der Waals surface area contributed by atoms with Gasteiger partial charge in [-0.15, -0.1) is 0 Å². The standard InChI is InChI=1S/C17H13ClO4/c1-20-12-9-11-14(17(21-2)15(12)18)16(19)13(22-11)8-10-6-4-3-5-7-10/h3-9H,1-2H3/b13-8-. The van der Waals surface area contributed by atoms with E-state index in [2.05, 4.69) is 0 Å². The highest BCUT2D eigenvalue weighted by atomic mass is 35.5. The number of methoxy groups -OCH3 is 2. The average Bonchev–Trinajstić information content (AvgIpc) is 2.84. The van der Waals surface area contributed by atoms with Crippen molar-refractivity contribution in [2.24, 2.45) is 0 Å². The molecular formula is C17H13ClO4. The van der Waals surface area contributed by atoms with E-state index in [0.29, 0.717) is 17.1 Å². The second-order valence-corrected chi connectivity index (χ2v) is 5.03. The van der Waals surface area contributed by atoms with Gasteiger partial charge in [0.1, 0.15) is 22.1 Å². The maximum absolute atomic E-state index is 12.6. The predicted octanol–water partition coefficient (Wildman–Crippen LogP) is 3.97. The summed E-state index contributed by atoms with van der Waals surface area (Å²) in [6.07, 6.45) is 1.68. The third-order valence-electron chi connectivity index (χ3n) is 3.34. The summed E-state index contributed by atoms with van der Waals surface area (Å²) in [4.78, 5) is 12.6. The number of hydrogen-bond acceptors (Lipinski definition) is 4. The molecule has 0 N–H and O–H groups in total. The molecule has 2 aromatic carbocycles.